The van der Waals surface area contributed by atoms with Crippen LogP contribution >= 0.6 is 0 Å². The number of carbonyl (C=O) groups is 2. The van der Waals surface area contributed by atoms with E-state index in [0.717, 1.165) is 0 Å². The van der Waals surface area contributed by atoms with Gasteiger partial charge in [-0.05, 0) is 24.3 Å². The Bertz CT molecular complexity index is 288. The monoisotopic (exact) mass is 198 g/mol. The second kappa shape index (κ2) is 5.68. The molecule has 6 N–H and O–H groups in total. The van der Waals surface area contributed by atoms with Crippen LogP contribution in [-0.2, 0) is 0 Å². The van der Waals surface area contributed by atoms with Crippen LogP contribution in [0.15, 0.2) is 24.3 Å². The number of nitrogens with two attached hydrogens (primary N) is 2. The summed E-state index contributed by atoms with van der Waals surface area (Å²) < 4.78 is 0. The molecule has 0 fully saturated rings. The molecular weight excluding hydrogens is 188 g/mol. The lowest BCUT2D eigenvalue weighted by Crippen LogP contribution is -2.02. The van der Waals surface area contributed by atoms with E-state index < -0.39 is 11.9 Å². The minimum absolute atomic E-state index is 0.0833. The van der Waals surface area contributed by atoms with Gasteiger partial charge >= 0.3 is 11.9 Å². The van der Waals surface area contributed by atoms with Crippen LogP contribution in [0.3, 0.4) is 0 Å². The summed E-state index contributed by atoms with van der Waals surface area (Å²) in [5, 5.41) is 16.9. The summed E-state index contributed by atoms with van der Waals surface area (Å²) in [5.41, 5.74) is 0.167. The van der Waals surface area contributed by atoms with Crippen molar-refractivity contribution in [2.75, 3.05) is 0 Å². The van der Waals surface area contributed by atoms with Gasteiger partial charge in [0.15, 0.2) is 0 Å². The van der Waals surface area contributed by atoms with E-state index in [1.807, 2.05) is 0 Å². The first kappa shape index (κ1) is 12.1. The first-order valence-electron chi connectivity index (χ1n) is 3.51. The minimum Gasteiger partial charge on any atom is -0.478 e. The highest BCUT2D eigenvalue weighted by molar-refractivity contribution is 5.91. The molecule has 6 heteroatoms. The van der Waals surface area contributed by atoms with Crippen molar-refractivity contribution in [1.29, 1.82) is 0 Å². The van der Waals surface area contributed by atoms with E-state index in [4.69, 9.17) is 10.2 Å². The van der Waals surface area contributed by atoms with Crippen LogP contribution in [0.2, 0.25) is 0 Å². The topological polar surface area (TPSA) is 127 Å². The lowest BCUT2D eigenvalue weighted by atomic mass is 10.1. The van der Waals surface area contributed by atoms with Crippen LogP contribution in [0.1, 0.15) is 20.7 Å². The third kappa shape index (κ3) is 3.21. The number of aromatic carboxylic acids is 2. The van der Waals surface area contributed by atoms with E-state index in [1.54, 1.807) is 0 Å². The summed E-state index contributed by atoms with van der Waals surface area (Å²) >= 11 is 0. The number of rotatable bonds is 2. The highest BCUT2D eigenvalue weighted by Gasteiger charge is 2.04. The largest absolute Gasteiger partial charge is 0.478 e. The molecule has 0 aliphatic carbocycles. The highest BCUT2D eigenvalue weighted by Crippen LogP contribution is 2.03. The van der Waals surface area contributed by atoms with E-state index >= 15 is 0 Å². The molecule has 1 rings (SSSR count). The van der Waals surface area contributed by atoms with Gasteiger partial charge in [0.25, 0.3) is 0 Å². The van der Waals surface area contributed by atoms with Crippen molar-refractivity contribution < 1.29 is 19.8 Å². The minimum atomic E-state index is -1.06. The van der Waals surface area contributed by atoms with E-state index in [0.29, 0.717) is 0 Å². The fourth-order valence-electron chi connectivity index (χ4n) is 0.755. The van der Waals surface area contributed by atoms with Crippen molar-refractivity contribution in [1.82, 2.24) is 0 Å². The molecule has 0 atom stereocenters. The number of hydrogen-bond acceptors (Lipinski definition) is 4. The summed E-state index contributed by atoms with van der Waals surface area (Å²) in [6.45, 7) is 0. The molecule has 0 aliphatic heterocycles. The van der Waals surface area contributed by atoms with Gasteiger partial charge in [0.2, 0.25) is 0 Å². The Balaban J connectivity index is 0.000000791. The van der Waals surface area contributed by atoms with Gasteiger partial charge in [0.05, 0.1) is 11.1 Å². The molecule has 0 spiro atoms. The quantitative estimate of drug-likeness (QED) is 0.388. The van der Waals surface area contributed by atoms with Crippen molar-refractivity contribution >= 4 is 11.9 Å². The molecule has 0 unspecified atom stereocenters. The molecular formula is C8H10N2O4. The molecule has 0 aliphatic rings. The zero-order chi connectivity index (χ0) is 11.1. The van der Waals surface area contributed by atoms with E-state index in [2.05, 4.69) is 11.7 Å². The van der Waals surface area contributed by atoms with E-state index in [9.17, 15) is 9.59 Å². The summed E-state index contributed by atoms with van der Waals surface area (Å²) in [5.74, 6) is 5.87. The van der Waals surface area contributed by atoms with Crippen LogP contribution < -0.4 is 11.7 Å². The van der Waals surface area contributed by atoms with Gasteiger partial charge in [-0.25, -0.2) is 9.59 Å². The third-order valence-electron chi connectivity index (χ3n) is 1.38. The van der Waals surface area contributed by atoms with Crippen molar-refractivity contribution in [3.05, 3.63) is 35.4 Å². The van der Waals surface area contributed by atoms with Crippen molar-refractivity contribution in [2.24, 2.45) is 11.7 Å². The fraction of sp³-hybridized carbons (Fsp3) is 0. The number of hydrazine groups is 1. The van der Waals surface area contributed by atoms with E-state index in [1.165, 1.54) is 24.3 Å². The molecule has 0 saturated carbocycles. The Labute approximate surface area is 79.7 Å². The maximum atomic E-state index is 10.3. The first-order chi connectivity index (χ1) is 6.61. The lowest BCUT2D eigenvalue weighted by molar-refractivity contribution is 0.0681. The van der Waals surface area contributed by atoms with Gasteiger partial charge in [-0.15, -0.1) is 0 Å². The molecule has 0 radical (unpaired) electrons. The average Bonchev–Trinajstić information content (AvgIpc) is 2.21. The standard InChI is InChI=1S/C8H6O4.H4N2/c9-7(10)5-1-2-6(4-3-5)8(11)12;1-2/h1-4H,(H,9,10)(H,11,12);1-2H2. The van der Waals surface area contributed by atoms with Gasteiger partial charge in [0, 0.05) is 0 Å². The number of carboxylic acid groups (broad SMARTS) is 2. The van der Waals surface area contributed by atoms with Crippen LogP contribution in [0.25, 0.3) is 0 Å². The van der Waals surface area contributed by atoms with Gasteiger partial charge in [-0.2, -0.15) is 0 Å². The molecule has 14 heavy (non-hydrogen) atoms. The summed E-state index contributed by atoms with van der Waals surface area (Å²) in [7, 11) is 0. The summed E-state index contributed by atoms with van der Waals surface area (Å²) in [6, 6.07) is 5.02. The zero-order valence-corrected chi connectivity index (χ0v) is 7.18. The van der Waals surface area contributed by atoms with Crippen molar-refractivity contribution in [2.45, 2.75) is 0 Å². The Hall–Kier alpha value is -1.92. The molecule has 1 aromatic carbocycles. The SMILES string of the molecule is NN.O=C(O)c1ccc(C(=O)O)cc1. The molecule has 0 saturated heterocycles. The van der Waals surface area contributed by atoms with E-state index in [-0.39, 0.29) is 11.1 Å². The predicted octanol–water partition coefficient (Wildman–Crippen LogP) is -0.0982. The Morgan fingerprint density at radius 2 is 1.07 bits per heavy atom. The summed E-state index contributed by atoms with van der Waals surface area (Å²) in [6.07, 6.45) is 0. The molecule has 0 amide bonds. The molecule has 6 nitrogen and oxygen atoms in total. The number of benzene rings is 1. The molecule has 0 aromatic heterocycles. The molecule has 0 bridgehead atoms. The predicted molar refractivity (Wildman–Crippen MR) is 48.7 cm³/mol. The fourth-order valence-corrected chi connectivity index (χ4v) is 0.755. The molecule has 76 valence electrons. The number of hydrogen-bond donors (Lipinski definition) is 4. The average molecular weight is 198 g/mol. The molecule has 0 heterocycles. The Kier molecular flexibility index (Phi) is 4.90. The second-order valence-corrected chi connectivity index (χ2v) is 2.19. The zero-order valence-electron chi connectivity index (χ0n) is 7.18. The third-order valence-corrected chi connectivity index (χ3v) is 1.38. The summed E-state index contributed by atoms with van der Waals surface area (Å²) in [4.78, 5) is 20.7. The smallest absolute Gasteiger partial charge is 0.335 e. The van der Waals surface area contributed by atoms with Crippen molar-refractivity contribution in [3.8, 4) is 0 Å². The van der Waals surface area contributed by atoms with Gasteiger partial charge in [-0.3, -0.25) is 11.7 Å². The van der Waals surface area contributed by atoms with Crippen LogP contribution in [0, 0.1) is 0 Å². The molecule has 1 aromatic rings. The Morgan fingerprint density at radius 1 is 0.857 bits per heavy atom. The normalized spacial score (nSPS) is 8.43. The second-order valence-electron chi connectivity index (χ2n) is 2.19. The Morgan fingerprint density at radius 3 is 1.21 bits per heavy atom. The van der Waals surface area contributed by atoms with Crippen LogP contribution in [-0.4, -0.2) is 22.2 Å². The highest BCUT2D eigenvalue weighted by atomic mass is 16.4. The van der Waals surface area contributed by atoms with Gasteiger partial charge in [-0.1, -0.05) is 0 Å². The lowest BCUT2D eigenvalue weighted by Gasteiger charge is -1.94. The van der Waals surface area contributed by atoms with Gasteiger partial charge in [0.1, 0.15) is 0 Å². The van der Waals surface area contributed by atoms with Crippen molar-refractivity contribution in [3.63, 3.8) is 0 Å². The first-order valence-corrected chi connectivity index (χ1v) is 3.51. The maximum Gasteiger partial charge on any atom is 0.335 e. The maximum absolute atomic E-state index is 10.3. The van der Waals surface area contributed by atoms with Crippen LogP contribution in [0.4, 0.5) is 0 Å². The van der Waals surface area contributed by atoms with Gasteiger partial charge < -0.3 is 10.2 Å². The van der Waals surface area contributed by atoms with Crippen LogP contribution in [0.5, 0.6) is 0 Å². The number of carboxylic acids is 2.